The molecule has 5 heteroatoms. The van der Waals surface area contributed by atoms with Crippen LogP contribution >= 0.6 is 0 Å². The zero-order valence-corrected chi connectivity index (χ0v) is 18.1. The van der Waals surface area contributed by atoms with Gasteiger partial charge in [-0.1, -0.05) is 66.7 Å². The van der Waals surface area contributed by atoms with Gasteiger partial charge in [0.25, 0.3) is 0 Å². The minimum absolute atomic E-state index is 0.0283. The van der Waals surface area contributed by atoms with Crippen LogP contribution in [-0.4, -0.2) is 41.2 Å². The van der Waals surface area contributed by atoms with Gasteiger partial charge in [0.2, 0.25) is 11.8 Å². The van der Waals surface area contributed by atoms with Gasteiger partial charge in [0, 0.05) is 19.2 Å². The monoisotopic (exact) mass is 428 g/mol. The number of hydrogen-bond donors (Lipinski definition) is 0. The minimum Gasteiger partial charge on any atom is -0.467 e. The van der Waals surface area contributed by atoms with E-state index in [1.54, 1.807) is 29.4 Å². The molecular formula is C27H28N2O3. The van der Waals surface area contributed by atoms with Crippen LogP contribution < -0.4 is 0 Å². The van der Waals surface area contributed by atoms with Crippen molar-refractivity contribution < 1.29 is 14.0 Å². The summed E-state index contributed by atoms with van der Waals surface area (Å²) in [4.78, 5) is 29.2. The second-order valence-corrected chi connectivity index (χ2v) is 7.38. The fourth-order valence-electron chi connectivity index (χ4n) is 3.28. The summed E-state index contributed by atoms with van der Waals surface area (Å²) in [6.45, 7) is 4.88. The van der Waals surface area contributed by atoms with Crippen LogP contribution in [0.3, 0.4) is 0 Å². The quantitative estimate of drug-likeness (QED) is 0.332. The Hall–Kier alpha value is -3.86. The molecule has 164 valence electrons. The molecule has 3 rings (SSSR count). The van der Waals surface area contributed by atoms with Gasteiger partial charge in [0.15, 0.2) is 0 Å². The van der Waals surface area contributed by atoms with Gasteiger partial charge >= 0.3 is 0 Å². The molecule has 32 heavy (non-hydrogen) atoms. The number of hydrogen-bond acceptors (Lipinski definition) is 3. The van der Waals surface area contributed by atoms with Crippen LogP contribution in [0.2, 0.25) is 0 Å². The summed E-state index contributed by atoms with van der Waals surface area (Å²) in [5.74, 6) is 0.334. The third kappa shape index (κ3) is 7.13. The van der Waals surface area contributed by atoms with Gasteiger partial charge in [-0.25, -0.2) is 0 Å². The molecule has 0 aliphatic rings. The highest BCUT2D eigenvalue weighted by Crippen LogP contribution is 2.10. The first kappa shape index (κ1) is 22.8. The topological polar surface area (TPSA) is 53.8 Å². The lowest BCUT2D eigenvalue weighted by Gasteiger charge is -2.26. The van der Waals surface area contributed by atoms with E-state index in [0.717, 1.165) is 17.5 Å². The predicted octanol–water partition coefficient (Wildman–Crippen LogP) is 4.58. The number of amides is 2. The molecule has 3 aromatic rings. The van der Waals surface area contributed by atoms with Crippen LogP contribution in [0.1, 0.15) is 16.9 Å². The molecule has 0 spiro atoms. The Morgan fingerprint density at radius 1 is 0.906 bits per heavy atom. The lowest BCUT2D eigenvalue weighted by Crippen LogP contribution is -2.43. The molecule has 1 aromatic heterocycles. The Balaban J connectivity index is 1.68. The first-order valence-electron chi connectivity index (χ1n) is 10.6. The van der Waals surface area contributed by atoms with E-state index in [0.29, 0.717) is 18.8 Å². The molecule has 2 aromatic carbocycles. The van der Waals surface area contributed by atoms with Crippen LogP contribution in [0.5, 0.6) is 0 Å². The molecule has 0 N–H and O–H groups in total. The Morgan fingerprint density at radius 3 is 2.28 bits per heavy atom. The Labute approximate surface area is 189 Å². The molecule has 0 bridgehead atoms. The molecule has 0 aliphatic carbocycles. The Kier molecular flexibility index (Phi) is 8.63. The summed E-state index contributed by atoms with van der Waals surface area (Å²) in [5.41, 5.74) is 2.07. The van der Waals surface area contributed by atoms with Crippen molar-refractivity contribution in [2.24, 2.45) is 0 Å². The van der Waals surface area contributed by atoms with Crippen LogP contribution in [0.25, 0.3) is 6.08 Å². The predicted molar refractivity (Wildman–Crippen MR) is 127 cm³/mol. The molecule has 0 unspecified atom stereocenters. The molecule has 0 saturated heterocycles. The normalized spacial score (nSPS) is 10.8. The van der Waals surface area contributed by atoms with E-state index in [-0.39, 0.29) is 24.9 Å². The molecular weight excluding hydrogens is 400 g/mol. The van der Waals surface area contributed by atoms with Crippen LogP contribution in [0.4, 0.5) is 0 Å². The average molecular weight is 429 g/mol. The highest BCUT2D eigenvalue weighted by molar-refractivity contribution is 5.94. The molecule has 0 radical (unpaired) electrons. The third-order valence-electron chi connectivity index (χ3n) is 5.00. The summed E-state index contributed by atoms with van der Waals surface area (Å²) in [5, 5.41) is 0. The van der Waals surface area contributed by atoms with Gasteiger partial charge in [0.1, 0.15) is 12.3 Å². The number of nitrogens with zero attached hydrogens (tertiary/aromatic N) is 2. The third-order valence-corrected chi connectivity index (χ3v) is 5.00. The zero-order valence-electron chi connectivity index (χ0n) is 18.1. The van der Waals surface area contributed by atoms with E-state index >= 15 is 0 Å². The fraction of sp³-hybridized carbons (Fsp3) is 0.185. The molecule has 5 nitrogen and oxygen atoms in total. The average Bonchev–Trinajstić information content (AvgIpc) is 3.34. The van der Waals surface area contributed by atoms with E-state index in [1.165, 1.54) is 11.0 Å². The Bertz CT molecular complexity index is 1010. The van der Waals surface area contributed by atoms with Crippen molar-refractivity contribution in [3.05, 3.63) is 115 Å². The van der Waals surface area contributed by atoms with E-state index in [9.17, 15) is 9.59 Å². The van der Waals surface area contributed by atoms with Gasteiger partial charge in [-0.05, 0) is 35.8 Å². The molecule has 2 amide bonds. The van der Waals surface area contributed by atoms with E-state index in [4.69, 9.17) is 4.42 Å². The van der Waals surface area contributed by atoms with E-state index in [2.05, 4.69) is 6.58 Å². The summed E-state index contributed by atoms with van der Waals surface area (Å²) in [6.07, 6.45) is 7.18. The van der Waals surface area contributed by atoms with Crippen LogP contribution in [0, 0.1) is 0 Å². The lowest BCUT2D eigenvalue weighted by atomic mass is 10.1. The van der Waals surface area contributed by atoms with Gasteiger partial charge in [-0.2, -0.15) is 0 Å². The van der Waals surface area contributed by atoms with Gasteiger partial charge in [-0.3, -0.25) is 9.59 Å². The van der Waals surface area contributed by atoms with Crippen LogP contribution in [-0.2, 0) is 22.6 Å². The second kappa shape index (κ2) is 12.1. The maximum atomic E-state index is 13.2. The molecule has 0 fully saturated rings. The van der Waals surface area contributed by atoms with Crippen molar-refractivity contribution in [3.8, 4) is 0 Å². The van der Waals surface area contributed by atoms with Gasteiger partial charge in [-0.15, -0.1) is 6.58 Å². The second-order valence-electron chi connectivity index (χ2n) is 7.38. The summed E-state index contributed by atoms with van der Waals surface area (Å²) in [6, 6.07) is 23.2. The summed E-state index contributed by atoms with van der Waals surface area (Å²) >= 11 is 0. The number of benzene rings is 2. The highest BCUT2D eigenvalue weighted by atomic mass is 16.3. The first-order chi connectivity index (χ1) is 15.7. The lowest BCUT2D eigenvalue weighted by molar-refractivity contribution is -0.138. The van der Waals surface area contributed by atoms with Gasteiger partial charge < -0.3 is 14.2 Å². The van der Waals surface area contributed by atoms with Gasteiger partial charge in [0.05, 0.1) is 12.8 Å². The van der Waals surface area contributed by atoms with Crippen LogP contribution in [0.15, 0.2) is 102 Å². The molecule has 0 aliphatic heterocycles. The van der Waals surface area contributed by atoms with Crippen molar-refractivity contribution in [2.45, 2.75) is 13.0 Å². The number of carbonyl (C=O) groups is 2. The molecule has 0 atom stereocenters. The summed E-state index contributed by atoms with van der Waals surface area (Å²) < 4.78 is 5.45. The maximum absolute atomic E-state index is 13.2. The SMILES string of the molecule is C=CCN(CC(=O)N(CCc1ccccc1)Cc1ccco1)C(=O)/C=C/c1ccccc1. The van der Waals surface area contributed by atoms with E-state index < -0.39 is 0 Å². The van der Waals surface area contributed by atoms with Crippen molar-refractivity contribution in [2.75, 3.05) is 19.6 Å². The maximum Gasteiger partial charge on any atom is 0.247 e. The number of carbonyl (C=O) groups excluding carboxylic acids is 2. The molecule has 0 saturated carbocycles. The number of furan rings is 1. The number of rotatable bonds is 11. The van der Waals surface area contributed by atoms with Crippen molar-refractivity contribution in [1.29, 1.82) is 0 Å². The Morgan fingerprint density at radius 2 is 1.62 bits per heavy atom. The van der Waals surface area contributed by atoms with Crippen molar-refractivity contribution >= 4 is 17.9 Å². The first-order valence-corrected chi connectivity index (χ1v) is 10.6. The van der Waals surface area contributed by atoms with E-state index in [1.807, 2.05) is 66.7 Å². The highest BCUT2D eigenvalue weighted by Gasteiger charge is 2.20. The molecule has 1 heterocycles. The smallest absolute Gasteiger partial charge is 0.247 e. The summed E-state index contributed by atoms with van der Waals surface area (Å²) in [7, 11) is 0. The minimum atomic E-state index is -0.233. The zero-order chi connectivity index (χ0) is 22.6. The van der Waals surface area contributed by atoms with Crippen molar-refractivity contribution in [1.82, 2.24) is 9.80 Å². The fourth-order valence-corrected chi connectivity index (χ4v) is 3.28. The standard InChI is InChI=1S/C27H28N2O3/c1-2-18-28(26(30)16-15-23-10-5-3-6-11-23)22-27(31)29(21-25-14-9-20-32-25)19-17-24-12-7-4-8-13-24/h2-16,20H,1,17-19,21-22H2/b16-15+. The van der Waals surface area contributed by atoms with Crippen molar-refractivity contribution in [3.63, 3.8) is 0 Å². The largest absolute Gasteiger partial charge is 0.467 e.